The highest BCUT2D eigenvalue weighted by atomic mass is 32.1. The first-order valence-electron chi connectivity index (χ1n) is 11.0. The van der Waals surface area contributed by atoms with Crippen molar-refractivity contribution < 1.29 is 19.1 Å². The molecule has 0 saturated carbocycles. The van der Waals surface area contributed by atoms with Crippen LogP contribution in [0.25, 0.3) is 0 Å². The van der Waals surface area contributed by atoms with Crippen molar-refractivity contribution in [3.05, 3.63) is 29.8 Å². The van der Waals surface area contributed by atoms with Crippen molar-refractivity contribution in [2.24, 2.45) is 10.9 Å². The molecule has 31 heavy (non-hydrogen) atoms. The second-order valence-corrected chi connectivity index (χ2v) is 14.8. The maximum absolute atomic E-state index is 13.0. The van der Waals surface area contributed by atoms with Gasteiger partial charge < -0.3 is 19.6 Å². The van der Waals surface area contributed by atoms with Crippen molar-refractivity contribution in [3.8, 4) is 5.75 Å². The zero-order valence-corrected chi connectivity index (χ0v) is 21.5. The summed E-state index contributed by atoms with van der Waals surface area (Å²) in [5.41, 5.74) is 2.54. The van der Waals surface area contributed by atoms with E-state index in [1.54, 1.807) is 25.1 Å². The van der Waals surface area contributed by atoms with Crippen LogP contribution in [0.3, 0.4) is 0 Å². The molecule has 0 amide bonds. The third kappa shape index (κ3) is 5.54. The van der Waals surface area contributed by atoms with Crippen LogP contribution in [0.4, 0.5) is 0 Å². The molecule has 1 heterocycles. The molecule has 0 radical (unpaired) electrons. The number of benzene rings is 1. The number of hydrogen-bond donors (Lipinski definition) is 2. The molecule has 1 aliphatic heterocycles. The summed E-state index contributed by atoms with van der Waals surface area (Å²) in [6.07, 6.45) is 0. The van der Waals surface area contributed by atoms with Crippen molar-refractivity contribution >= 4 is 37.3 Å². The second kappa shape index (κ2) is 10.7. The Morgan fingerprint density at radius 1 is 1.19 bits per heavy atom. The molecule has 1 aliphatic rings. The van der Waals surface area contributed by atoms with Crippen LogP contribution in [-0.4, -0.2) is 43.4 Å². The molecule has 2 rings (SSSR count). The van der Waals surface area contributed by atoms with Crippen LogP contribution in [0.15, 0.2) is 29.3 Å². The minimum atomic E-state index is -2.16. The number of ether oxygens (including phenoxy) is 1. The van der Waals surface area contributed by atoms with Gasteiger partial charge in [0.25, 0.3) is 0 Å². The molecule has 0 aromatic heterocycles. The van der Waals surface area contributed by atoms with Crippen LogP contribution >= 0.6 is 12.2 Å². The zero-order chi connectivity index (χ0) is 23.3. The monoisotopic (exact) mass is 464 g/mol. The van der Waals surface area contributed by atoms with E-state index in [0.29, 0.717) is 27.4 Å². The molecule has 2 N–H and O–H groups in total. The molecule has 2 atom stereocenters. The Morgan fingerprint density at radius 2 is 1.81 bits per heavy atom. The quantitative estimate of drug-likeness (QED) is 0.299. The predicted octanol–water partition coefficient (Wildman–Crippen LogP) is 5.13. The lowest BCUT2D eigenvalue weighted by Crippen LogP contribution is -2.51. The number of esters is 1. The number of nitrogens with zero attached hydrogens (tertiary/aromatic N) is 1. The van der Waals surface area contributed by atoms with E-state index < -0.39 is 20.3 Å². The van der Waals surface area contributed by atoms with Gasteiger partial charge in [-0.3, -0.25) is 4.79 Å². The molecule has 172 valence electrons. The fourth-order valence-electron chi connectivity index (χ4n) is 4.96. The lowest BCUT2D eigenvalue weighted by atomic mass is 9.88. The maximum atomic E-state index is 13.0. The average Bonchev–Trinajstić information content (AvgIpc) is 2.67. The van der Waals surface area contributed by atoms with Gasteiger partial charge in [0.15, 0.2) is 5.11 Å². The number of hydrogen-bond acceptors (Lipinski definition) is 5. The van der Waals surface area contributed by atoms with Gasteiger partial charge in [0, 0.05) is 0 Å². The normalized spacial score (nSPS) is 19.5. The molecular formula is C23H36N2O4SSi. The predicted molar refractivity (Wildman–Crippen MR) is 131 cm³/mol. The first-order valence-corrected chi connectivity index (χ1v) is 13.6. The molecule has 2 unspecified atom stereocenters. The summed E-state index contributed by atoms with van der Waals surface area (Å²) in [5, 5.41) is 13.4. The summed E-state index contributed by atoms with van der Waals surface area (Å²) in [5.74, 6) is -0.940. The summed E-state index contributed by atoms with van der Waals surface area (Å²) in [4.78, 5) is 17.5. The molecule has 6 nitrogen and oxygen atoms in total. The lowest BCUT2D eigenvalue weighted by molar-refractivity contribution is -0.146. The van der Waals surface area contributed by atoms with E-state index in [9.17, 15) is 9.90 Å². The molecule has 0 spiro atoms. The minimum Gasteiger partial charge on any atom is -0.508 e. The summed E-state index contributed by atoms with van der Waals surface area (Å²) >= 11 is 5.40. The van der Waals surface area contributed by atoms with Crippen molar-refractivity contribution in [1.29, 1.82) is 0 Å². The zero-order valence-electron chi connectivity index (χ0n) is 19.6. The Labute approximate surface area is 192 Å². The summed E-state index contributed by atoms with van der Waals surface area (Å²) in [6, 6.07) is 6.34. The molecule has 1 aromatic carbocycles. The maximum Gasteiger partial charge on any atom is 0.317 e. The van der Waals surface area contributed by atoms with Gasteiger partial charge in [0.2, 0.25) is 8.32 Å². The van der Waals surface area contributed by atoms with E-state index >= 15 is 0 Å². The number of carbonyl (C=O) groups is 1. The van der Waals surface area contributed by atoms with Crippen LogP contribution in [0, 0.1) is 5.92 Å². The molecule has 0 bridgehead atoms. The van der Waals surface area contributed by atoms with Crippen LogP contribution in [-0.2, 0) is 14.0 Å². The van der Waals surface area contributed by atoms with Gasteiger partial charge in [0.1, 0.15) is 11.7 Å². The smallest absolute Gasteiger partial charge is 0.317 e. The van der Waals surface area contributed by atoms with Crippen molar-refractivity contribution in [3.63, 3.8) is 0 Å². The van der Waals surface area contributed by atoms with Gasteiger partial charge in [-0.15, -0.1) is 0 Å². The first kappa shape index (κ1) is 25.5. The van der Waals surface area contributed by atoms with Gasteiger partial charge in [-0.2, -0.15) is 0 Å². The van der Waals surface area contributed by atoms with E-state index in [-0.39, 0.29) is 24.9 Å². The van der Waals surface area contributed by atoms with E-state index in [4.69, 9.17) is 21.4 Å². The van der Waals surface area contributed by atoms with E-state index in [0.717, 1.165) is 5.56 Å². The van der Waals surface area contributed by atoms with Crippen molar-refractivity contribution in [1.82, 2.24) is 5.32 Å². The number of phenols is 1. The molecule has 8 heteroatoms. The van der Waals surface area contributed by atoms with Crippen molar-refractivity contribution in [2.75, 3.05) is 13.2 Å². The van der Waals surface area contributed by atoms with Gasteiger partial charge in [-0.05, 0) is 53.5 Å². The van der Waals surface area contributed by atoms with Gasteiger partial charge >= 0.3 is 5.97 Å². The molecule has 0 fully saturated rings. The highest BCUT2D eigenvalue weighted by Crippen LogP contribution is 2.42. The number of aromatic hydroxyl groups is 1. The van der Waals surface area contributed by atoms with E-state index in [1.165, 1.54) is 0 Å². The van der Waals surface area contributed by atoms with E-state index in [1.807, 2.05) is 6.07 Å². The van der Waals surface area contributed by atoms with Gasteiger partial charge in [-0.1, -0.05) is 53.7 Å². The first-order chi connectivity index (χ1) is 14.5. The molecule has 0 aliphatic carbocycles. The molecule has 1 aromatic rings. The average molecular weight is 465 g/mol. The number of rotatable bonds is 9. The third-order valence-corrected chi connectivity index (χ3v) is 12.4. The topological polar surface area (TPSA) is 80.2 Å². The summed E-state index contributed by atoms with van der Waals surface area (Å²) in [6.45, 7) is 15.6. The minimum absolute atomic E-state index is 0.124. The number of carbonyl (C=O) groups excluding carboxylic acids is 1. The Bertz CT molecular complexity index is 804. The second-order valence-electron chi connectivity index (χ2n) is 8.96. The van der Waals surface area contributed by atoms with Crippen molar-refractivity contribution in [2.45, 2.75) is 71.1 Å². The standard InChI is InChI=1S/C23H36N2O4SSi/c1-8-28-22(27)20-19(13-29-31(14(2)3,15(4)5)16(6)7)24-23(30)25-21(20)17-10-9-11-18(26)12-17/h9-12,14-16,20-21,26H,8,13H2,1-7H3,(H,25,30). The third-order valence-electron chi connectivity index (χ3n) is 6.16. The SMILES string of the molecule is CCOC(=O)C1C(CO[Si](C(C)C)(C(C)C)C(C)C)=NC(=S)NC1c1cccc(O)c1. The Hall–Kier alpha value is -1.77. The lowest BCUT2D eigenvalue weighted by Gasteiger charge is -2.43. The number of nitrogens with one attached hydrogen (secondary N) is 1. The number of thiocarbonyl (C=S) groups is 1. The Morgan fingerprint density at radius 3 is 2.32 bits per heavy atom. The molecular weight excluding hydrogens is 428 g/mol. The fourth-order valence-corrected chi connectivity index (χ4v) is 10.6. The number of phenolic OH excluding ortho intramolecular Hbond substituents is 1. The Balaban J connectivity index is 2.45. The largest absolute Gasteiger partial charge is 0.508 e. The fraction of sp³-hybridized carbons (Fsp3) is 0.609. The molecule has 0 saturated heterocycles. The summed E-state index contributed by atoms with van der Waals surface area (Å²) in [7, 11) is -2.16. The van der Waals surface area contributed by atoms with Gasteiger partial charge in [0.05, 0.1) is 25.0 Å². The van der Waals surface area contributed by atoms with Gasteiger partial charge in [-0.25, -0.2) is 4.99 Å². The highest BCUT2D eigenvalue weighted by Gasteiger charge is 2.47. The van der Waals surface area contributed by atoms with E-state index in [2.05, 4.69) is 51.9 Å². The van der Waals surface area contributed by atoms with Crippen LogP contribution in [0.5, 0.6) is 5.75 Å². The Kier molecular flexibility index (Phi) is 8.80. The van der Waals surface area contributed by atoms with Crippen LogP contribution in [0.1, 0.15) is 60.1 Å². The highest BCUT2D eigenvalue weighted by molar-refractivity contribution is 7.80. The number of aliphatic imine (C=N–C) groups is 1. The van der Waals surface area contributed by atoms with Crippen LogP contribution < -0.4 is 5.32 Å². The van der Waals surface area contributed by atoms with Crippen LogP contribution in [0.2, 0.25) is 16.6 Å². The summed E-state index contributed by atoms with van der Waals surface area (Å²) < 4.78 is 12.1.